The second-order valence-electron chi connectivity index (χ2n) is 10.9. The zero-order chi connectivity index (χ0) is 30.9. The van der Waals surface area contributed by atoms with Crippen LogP contribution in [0.3, 0.4) is 0 Å². The summed E-state index contributed by atoms with van der Waals surface area (Å²) in [6.45, 7) is 11.2. The van der Waals surface area contributed by atoms with E-state index < -0.39 is 37.6 Å². The van der Waals surface area contributed by atoms with Gasteiger partial charge in [-0.25, -0.2) is 25.1 Å². The molecule has 0 fully saturated rings. The van der Waals surface area contributed by atoms with Crippen LogP contribution < -0.4 is 15.9 Å². The fourth-order valence-electron chi connectivity index (χ4n) is 4.04. The van der Waals surface area contributed by atoms with Crippen LogP contribution in [0, 0.1) is 5.92 Å². The van der Waals surface area contributed by atoms with Crippen molar-refractivity contribution in [1.82, 2.24) is 29.7 Å². The van der Waals surface area contributed by atoms with Gasteiger partial charge in [0.25, 0.3) is 0 Å². The average molecular weight is 604 g/mol. The highest BCUT2D eigenvalue weighted by atomic mass is 31.2. The van der Waals surface area contributed by atoms with Crippen LogP contribution in [0.4, 0.5) is 5.82 Å². The highest BCUT2D eigenvalue weighted by Gasteiger charge is 2.35. The molecule has 0 saturated carbocycles. The van der Waals surface area contributed by atoms with E-state index >= 15 is 0 Å². The van der Waals surface area contributed by atoms with Crippen molar-refractivity contribution in [2.24, 2.45) is 5.92 Å². The number of carbonyl (C=O) groups is 2. The minimum absolute atomic E-state index is 0.117. The Morgan fingerprint density at radius 3 is 2.38 bits per heavy atom. The monoisotopic (exact) mass is 603 g/mol. The number of nitrogens with zero attached hydrogens (tertiary/aromatic N) is 4. The Balaban J connectivity index is 1.81. The number of hydrogen-bond acceptors (Lipinski definition) is 10. The Kier molecular flexibility index (Phi) is 12.0. The van der Waals surface area contributed by atoms with E-state index in [1.54, 1.807) is 38.6 Å². The SMILES string of the molecule is CC(C)COC(=O)[C@H](Cc1ccccc1)NP(=O)(CO[C@H](C)Cn1cnc2c(N)ncnc21)N[C@H](C)C(=O)OC(C)C. The molecule has 3 aromatic rings. The lowest BCUT2D eigenvalue weighted by Gasteiger charge is -2.29. The first kappa shape index (κ1) is 33.1. The van der Waals surface area contributed by atoms with Gasteiger partial charge < -0.3 is 24.5 Å². The number of nitrogens with two attached hydrogens (primary N) is 1. The zero-order valence-corrected chi connectivity index (χ0v) is 25.9. The van der Waals surface area contributed by atoms with Crippen LogP contribution in [0.15, 0.2) is 43.0 Å². The number of esters is 2. The maximum absolute atomic E-state index is 14.4. The topological polar surface area (TPSA) is 173 Å². The van der Waals surface area contributed by atoms with Gasteiger partial charge >= 0.3 is 11.9 Å². The van der Waals surface area contributed by atoms with Crippen molar-refractivity contribution in [3.8, 4) is 0 Å². The summed E-state index contributed by atoms with van der Waals surface area (Å²) < 4.78 is 33.0. The molecule has 0 aliphatic heterocycles. The highest BCUT2D eigenvalue weighted by Crippen LogP contribution is 2.39. The van der Waals surface area contributed by atoms with E-state index in [1.807, 2.05) is 44.2 Å². The second kappa shape index (κ2) is 15.2. The molecule has 1 unspecified atom stereocenters. The first-order chi connectivity index (χ1) is 19.9. The Hall–Kier alpha value is -3.38. The number of aromatic nitrogens is 4. The maximum Gasteiger partial charge on any atom is 0.323 e. The molecule has 14 heteroatoms. The van der Waals surface area contributed by atoms with Crippen molar-refractivity contribution in [1.29, 1.82) is 0 Å². The molecule has 0 radical (unpaired) electrons. The zero-order valence-electron chi connectivity index (χ0n) is 25.0. The molecule has 0 saturated heterocycles. The van der Waals surface area contributed by atoms with E-state index in [0.29, 0.717) is 17.7 Å². The van der Waals surface area contributed by atoms with Gasteiger partial charge in [-0.1, -0.05) is 44.2 Å². The van der Waals surface area contributed by atoms with E-state index in [0.717, 1.165) is 5.56 Å². The number of ether oxygens (including phenoxy) is 3. The number of benzene rings is 1. The van der Waals surface area contributed by atoms with Crippen LogP contribution in [0.1, 0.15) is 47.1 Å². The standard InChI is InChI=1S/C28H42N7O6P/c1-18(2)14-39-28(37)23(12-22-10-8-7-9-11-22)34-42(38,33-21(6)27(36)41-19(3)4)17-40-20(5)13-35-16-32-24-25(29)30-15-31-26(24)35/h7-11,15-16,18-21,23H,12-14,17H2,1-6H3,(H2,29,30,31)(H2,33,34,38)/t20-,21-,23+,42?/m1/s1. The molecular formula is C28H42N7O6P. The van der Waals surface area contributed by atoms with Crippen LogP contribution in [-0.2, 0) is 41.3 Å². The molecule has 4 atom stereocenters. The fourth-order valence-corrected chi connectivity index (χ4v) is 6.16. The Morgan fingerprint density at radius 1 is 1.00 bits per heavy atom. The van der Waals surface area contributed by atoms with E-state index in [1.165, 1.54) is 6.33 Å². The van der Waals surface area contributed by atoms with Gasteiger partial charge in [0.2, 0.25) is 7.44 Å². The van der Waals surface area contributed by atoms with Gasteiger partial charge in [0, 0.05) is 0 Å². The van der Waals surface area contributed by atoms with Crippen molar-refractivity contribution in [2.75, 3.05) is 18.7 Å². The third kappa shape index (κ3) is 9.87. The molecule has 0 spiro atoms. The molecule has 2 heterocycles. The molecule has 0 aliphatic rings. The molecule has 0 bridgehead atoms. The molecule has 0 amide bonds. The molecule has 13 nitrogen and oxygen atoms in total. The molecule has 0 aliphatic carbocycles. The summed E-state index contributed by atoms with van der Waals surface area (Å²) in [6, 6.07) is 7.40. The third-order valence-electron chi connectivity index (χ3n) is 6.02. The predicted molar refractivity (Wildman–Crippen MR) is 159 cm³/mol. The van der Waals surface area contributed by atoms with Crippen molar-refractivity contribution in [3.63, 3.8) is 0 Å². The van der Waals surface area contributed by atoms with Crippen molar-refractivity contribution >= 4 is 36.4 Å². The minimum Gasteiger partial charge on any atom is -0.464 e. The molecule has 2 aromatic heterocycles. The van der Waals surface area contributed by atoms with Gasteiger partial charge in [0.15, 0.2) is 11.5 Å². The lowest BCUT2D eigenvalue weighted by atomic mass is 10.1. The second-order valence-corrected chi connectivity index (χ2v) is 13.2. The van der Waals surface area contributed by atoms with Crippen LogP contribution in [0.2, 0.25) is 0 Å². The number of rotatable bonds is 16. The molecule has 3 rings (SSSR count). The third-order valence-corrected chi connectivity index (χ3v) is 8.07. The number of carbonyl (C=O) groups excluding carboxylic acids is 2. The number of nitrogens with one attached hydrogen (secondary N) is 2. The summed E-state index contributed by atoms with van der Waals surface area (Å²) >= 11 is 0. The quantitative estimate of drug-likeness (QED) is 0.161. The summed E-state index contributed by atoms with van der Waals surface area (Å²) in [7, 11) is -3.76. The molecule has 230 valence electrons. The van der Waals surface area contributed by atoms with E-state index in [4.69, 9.17) is 19.9 Å². The van der Waals surface area contributed by atoms with Crippen LogP contribution in [0.5, 0.6) is 0 Å². The number of hydrogen-bond donors (Lipinski definition) is 3. The Morgan fingerprint density at radius 2 is 1.71 bits per heavy atom. The minimum atomic E-state index is -3.76. The largest absolute Gasteiger partial charge is 0.464 e. The van der Waals surface area contributed by atoms with Gasteiger partial charge in [-0.3, -0.25) is 14.2 Å². The molecular weight excluding hydrogens is 561 g/mol. The first-order valence-electron chi connectivity index (χ1n) is 14.0. The predicted octanol–water partition coefficient (Wildman–Crippen LogP) is 3.29. The summed E-state index contributed by atoms with van der Waals surface area (Å²) in [4.78, 5) is 38.3. The van der Waals surface area contributed by atoms with Crippen LogP contribution >= 0.6 is 7.44 Å². The lowest BCUT2D eigenvalue weighted by Crippen LogP contribution is -2.45. The van der Waals surface area contributed by atoms with Gasteiger partial charge in [-0.2, -0.15) is 0 Å². The first-order valence-corrected chi connectivity index (χ1v) is 15.8. The number of anilines is 1. The number of imidazole rings is 1. The Bertz CT molecular complexity index is 1370. The smallest absolute Gasteiger partial charge is 0.323 e. The molecule has 1 aromatic carbocycles. The highest BCUT2D eigenvalue weighted by molar-refractivity contribution is 7.59. The Labute approximate surface area is 246 Å². The normalized spacial score (nSPS) is 15.3. The van der Waals surface area contributed by atoms with Crippen LogP contribution in [-0.4, -0.2) is 68.7 Å². The summed E-state index contributed by atoms with van der Waals surface area (Å²) in [6.07, 6.45) is 1.99. The maximum atomic E-state index is 14.4. The van der Waals surface area contributed by atoms with E-state index in [-0.39, 0.29) is 37.2 Å². The summed E-state index contributed by atoms with van der Waals surface area (Å²) in [5.74, 6) is -0.751. The number of nitrogen functional groups attached to an aromatic ring is 1. The lowest BCUT2D eigenvalue weighted by molar-refractivity contribution is -0.149. The van der Waals surface area contributed by atoms with Crippen molar-refractivity contribution < 1.29 is 28.4 Å². The number of fused-ring (bicyclic) bond motifs is 1. The van der Waals surface area contributed by atoms with Crippen LogP contribution in [0.25, 0.3) is 11.2 Å². The summed E-state index contributed by atoms with van der Waals surface area (Å²) in [5.41, 5.74) is 7.75. The van der Waals surface area contributed by atoms with Crippen molar-refractivity contribution in [2.45, 2.75) is 78.8 Å². The molecule has 4 N–H and O–H groups in total. The van der Waals surface area contributed by atoms with Crippen molar-refractivity contribution in [3.05, 3.63) is 48.5 Å². The van der Waals surface area contributed by atoms with Gasteiger partial charge in [-0.15, -0.1) is 0 Å². The molecule has 42 heavy (non-hydrogen) atoms. The van der Waals surface area contributed by atoms with E-state index in [9.17, 15) is 14.2 Å². The van der Waals surface area contributed by atoms with E-state index in [2.05, 4.69) is 25.1 Å². The average Bonchev–Trinajstić information content (AvgIpc) is 3.34. The van der Waals surface area contributed by atoms with Gasteiger partial charge in [-0.05, 0) is 45.6 Å². The van der Waals surface area contributed by atoms with Gasteiger partial charge in [0.05, 0.1) is 31.7 Å². The fraction of sp³-hybridized carbons (Fsp3) is 0.536. The van der Waals surface area contributed by atoms with Gasteiger partial charge in [0.1, 0.15) is 30.3 Å². The summed E-state index contributed by atoms with van der Waals surface area (Å²) in [5, 5.41) is 5.84.